The Morgan fingerprint density at radius 3 is 2.79 bits per heavy atom. The van der Waals surface area contributed by atoms with E-state index in [4.69, 9.17) is 14.3 Å². The third kappa shape index (κ3) is 5.09. The lowest BCUT2D eigenvalue weighted by Crippen LogP contribution is -2.35. The standard InChI is InChI=1S/C27H32N4O3/c1-33-22-12-10-20(11-13-22)18-31-25-14-16-30(15-4-8-23-9-5-17-34-23)19-24(25)26(29-31)27(32)28-21-6-2-3-7-21/h4-5,8-13,17,21H,2-3,6-7,14-16,18-19H2,1H3,(H,28,32)/b8-4+. The molecular formula is C27H32N4O3. The van der Waals surface area contributed by atoms with E-state index in [1.165, 1.54) is 18.5 Å². The van der Waals surface area contributed by atoms with E-state index in [9.17, 15) is 4.79 Å². The summed E-state index contributed by atoms with van der Waals surface area (Å²) >= 11 is 0. The summed E-state index contributed by atoms with van der Waals surface area (Å²) in [6, 6.07) is 12.1. The molecule has 0 radical (unpaired) electrons. The zero-order valence-electron chi connectivity index (χ0n) is 19.7. The van der Waals surface area contributed by atoms with Crippen LogP contribution in [0.2, 0.25) is 0 Å². The fourth-order valence-corrected chi connectivity index (χ4v) is 4.95. The minimum Gasteiger partial charge on any atom is -0.497 e. The van der Waals surface area contributed by atoms with Crippen LogP contribution in [0, 0.1) is 0 Å². The molecule has 0 spiro atoms. The molecule has 3 heterocycles. The second kappa shape index (κ2) is 10.3. The third-order valence-corrected chi connectivity index (χ3v) is 6.80. The Balaban J connectivity index is 1.36. The smallest absolute Gasteiger partial charge is 0.272 e. The number of amides is 1. The number of hydrogen-bond acceptors (Lipinski definition) is 5. The molecule has 7 heteroatoms. The number of nitrogens with zero attached hydrogens (tertiary/aromatic N) is 3. The monoisotopic (exact) mass is 460 g/mol. The molecule has 1 aliphatic carbocycles. The van der Waals surface area contributed by atoms with Crippen molar-refractivity contribution in [2.75, 3.05) is 20.2 Å². The van der Waals surface area contributed by atoms with Crippen molar-refractivity contribution in [3.8, 4) is 5.75 Å². The zero-order valence-corrected chi connectivity index (χ0v) is 19.7. The first-order chi connectivity index (χ1) is 16.7. The number of aromatic nitrogens is 2. The van der Waals surface area contributed by atoms with Crippen LogP contribution in [0.3, 0.4) is 0 Å². The molecule has 7 nitrogen and oxygen atoms in total. The first-order valence-corrected chi connectivity index (χ1v) is 12.1. The Labute approximate surface area is 200 Å². The number of carbonyl (C=O) groups excluding carboxylic acids is 1. The number of nitrogens with one attached hydrogen (secondary N) is 1. The van der Waals surface area contributed by atoms with Gasteiger partial charge in [0.2, 0.25) is 0 Å². The average Bonchev–Trinajstić information content (AvgIpc) is 3.62. The van der Waals surface area contributed by atoms with Crippen molar-refractivity contribution in [2.24, 2.45) is 0 Å². The second-order valence-corrected chi connectivity index (χ2v) is 9.14. The van der Waals surface area contributed by atoms with Crippen LogP contribution >= 0.6 is 0 Å². The van der Waals surface area contributed by atoms with Crippen molar-refractivity contribution in [1.29, 1.82) is 0 Å². The van der Waals surface area contributed by atoms with Gasteiger partial charge in [0.05, 0.1) is 19.9 Å². The summed E-state index contributed by atoms with van der Waals surface area (Å²) in [7, 11) is 1.67. The van der Waals surface area contributed by atoms with Crippen molar-refractivity contribution in [3.05, 3.63) is 77.0 Å². The van der Waals surface area contributed by atoms with E-state index in [0.29, 0.717) is 18.8 Å². The van der Waals surface area contributed by atoms with Gasteiger partial charge in [-0.3, -0.25) is 14.4 Å². The van der Waals surface area contributed by atoms with Gasteiger partial charge >= 0.3 is 0 Å². The molecule has 0 bridgehead atoms. The number of hydrogen-bond donors (Lipinski definition) is 1. The number of fused-ring (bicyclic) bond motifs is 1. The number of carbonyl (C=O) groups is 1. The van der Waals surface area contributed by atoms with E-state index in [0.717, 1.165) is 55.0 Å². The number of furan rings is 1. The lowest BCUT2D eigenvalue weighted by Gasteiger charge is -2.26. The first kappa shape index (κ1) is 22.5. The molecule has 1 amide bonds. The minimum atomic E-state index is -0.0374. The van der Waals surface area contributed by atoms with Crippen molar-refractivity contribution in [2.45, 2.75) is 51.2 Å². The molecule has 1 saturated carbocycles. The molecule has 5 rings (SSSR count). The van der Waals surface area contributed by atoms with Crippen LogP contribution in [-0.2, 0) is 19.5 Å². The van der Waals surface area contributed by atoms with E-state index in [2.05, 4.69) is 28.4 Å². The molecule has 1 aliphatic heterocycles. The van der Waals surface area contributed by atoms with Gasteiger partial charge in [0, 0.05) is 43.4 Å². The highest BCUT2D eigenvalue weighted by Gasteiger charge is 2.29. The van der Waals surface area contributed by atoms with E-state index in [1.54, 1.807) is 13.4 Å². The lowest BCUT2D eigenvalue weighted by molar-refractivity contribution is 0.0930. The molecule has 0 unspecified atom stereocenters. The molecule has 1 aromatic carbocycles. The molecule has 3 aromatic rings. The fourth-order valence-electron chi connectivity index (χ4n) is 4.95. The Kier molecular flexibility index (Phi) is 6.81. The zero-order chi connectivity index (χ0) is 23.3. The predicted molar refractivity (Wildman–Crippen MR) is 131 cm³/mol. The summed E-state index contributed by atoms with van der Waals surface area (Å²) in [5.41, 5.74) is 3.94. The van der Waals surface area contributed by atoms with Crippen molar-refractivity contribution >= 4 is 12.0 Å². The van der Waals surface area contributed by atoms with E-state index in [1.807, 2.05) is 35.0 Å². The highest BCUT2D eigenvalue weighted by Crippen LogP contribution is 2.25. The number of rotatable bonds is 8. The molecule has 1 N–H and O–H groups in total. The summed E-state index contributed by atoms with van der Waals surface area (Å²) < 4.78 is 12.7. The summed E-state index contributed by atoms with van der Waals surface area (Å²) in [5, 5.41) is 8.08. The van der Waals surface area contributed by atoms with Crippen molar-refractivity contribution in [1.82, 2.24) is 20.0 Å². The first-order valence-electron chi connectivity index (χ1n) is 12.1. The molecular weight excluding hydrogens is 428 g/mol. The van der Waals surface area contributed by atoms with Gasteiger partial charge in [-0.15, -0.1) is 0 Å². The van der Waals surface area contributed by atoms with Crippen LogP contribution in [0.5, 0.6) is 5.75 Å². The Hall–Kier alpha value is -3.32. The van der Waals surface area contributed by atoms with Crippen LogP contribution in [0.1, 0.15) is 58.8 Å². The average molecular weight is 461 g/mol. The maximum absolute atomic E-state index is 13.2. The van der Waals surface area contributed by atoms with Gasteiger partial charge in [0.25, 0.3) is 5.91 Å². The normalized spacial score (nSPS) is 16.7. The number of benzene rings is 1. The van der Waals surface area contributed by atoms with Crippen LogP contribution in [0.25, 0.3) is 6.08 Å². The van der Waals surface area contributed by atoms with Gasteiger partial charge in [0.1, 0.15) is 11.5 Å². The maximum atomic E-state index is 13.2. The molecule has 1 fully saturated rings. The third-order valence-electron chi connectivity index (χ3n) is 6.80. The topological polar surface area (TPSA) is 72.5 Å². The van der Waals surface area contributed by atoms with Crippen molar-refractivity contribution < 1.29 is 13.9 Å². The van der Waals surface area contributed by atoms with Gasteiger partial charge in [-0.25, -0.2) is 0 Å². The molecule has 2 aromatic heterocycles. The van der Waals surface area contributed by atoms with Crippen LogP contribution in [0.4, 0.5) is 0 Å². The molecule has 2 aliphatic rings. The van der Waals surface area contributed by atoms with E-state index < -0.39 is 0 Å². The minimum absolute atomic E-state index is 0.0374. The molecule has 0 atom stereocenters. The van der Waals surface area contributed by atoms with Gasteiger partial charge < -0.3 is 14.5 Å². The Morgan fingerprint density at radius 2 is 2.06 bits per heavy atom. The van der Waals surface area contributed by atoms with Gasteiger partial charge in [-0.2, -0.15) is 5.10 Å². The van der Waals surface area contributed by atoms with Gasteiger partial charge in [0.15, 0.2) is 5.69 Å². The largest absolute Gasteiger partial charge is 0.497 e. The summed E-state index contributed by atoms with van der Waals surface area (Å²) in [6.07, 6.45) is 11.1. The van der Waals surface area contributed by atoms with Crippen LogP contribution in [0.15, 0.2) is 53.2 Å². The number of methoxy groups -OCH3 is 1. The Morgan fingerprint density at radius 1 is 1.24 bits per heavy atom. The predicted octanol–water partition coefficient (Wildman–Crippen LogP) is 4.28. The highest BCUT2D eigenvalue weighted by molar-refractivity contribution is 5.94. The molecule has 178 valence electrons. The number of ether oxygens (including phenoxy) is 1. The second-order valence-electron chi connectivity index (χ2n) is 9.14. The molecule has 34 heavy (non-hydrogen) atoms. The SMILES string of the molecule is COc1ccc(Cn2nc(C(=O)NC3CCCC3)c3c2CCN(C/C=C/c2ccco2)C3)cc1. The highest BCUT2D eigenvalue weighted by atomic mass is 16.5. The lowest BCUT2D eigenvalue weighted by atomic mass is 10.0. The van der Waals surface area contributed by atoms with E-state index in [-0.39, 0.29) is 11.9 Å². The fraction of sp³-hybridized carbons (Fsp3) is 0.407. The van der Waals surface area contributed by atoms with Crippen LogP contribution < -0.4 is 10.1 Å². The summed E-state index contributed by atoms with van der Waals surface area (Å²) in [5.74, 6) is 1.65. The van der Waals surface area contributed by atoms with Gasteiger partial charge in [-0.1, -0.05) is 31.1 Å². The quantitative estimate of drug-likeness (QED) is 0.543. The maximum Gasteiger partial charge on any atom is 0.272 e. The summed E-state index contributed by atoms with van der Waals surface area (Å²) in [4.78, 5) is 15.6. The molecule has 0 saturated heterocycles. The van der Waals surface area contributed by atoms with Crippen LogP contribution in [-0.4, -0.2) is 46.8 Å². The summed E-state index contributed by atoms with van der Waals surface area (Å²) in [6.45, 7) is 3.08. The van der Waals surface area contributed by atoms with Gasteiger partial charge in [-0.05, 0) is 48.7 Å². The van der Waals surface area contributed by atoms with E-state index >= 15 is 0 Å². The Bertz CT molecular complexity index is 1130. The van der Waals surface area contributed by atoms with Crippen molar-refractivity contribution in [3.63, 3.8) is 0 Å².